The summed E-state index contributed by atoms with van der Waals surface area (Å²) >= 11 is 0. The first kappa shape index (κ1) is 13.0. The molecule has 0 saturated carbocycles. The number of nitro groups is 1. The lowest BCUT2D eigenvalue weighted by Gasteiger charge is -2.02. The molecule has 0 saturated heterocycles. The van der Waals surface area contributed by atoms with Crippen LogP contribution in [0.5, 0.6) is 0 Å². The molecule has 96 valence electrons. The van der Waals surface area contributed by atoms with Crippen molar-refractivity contribution in [1.82, 2.24) is 0 Å². The molecule has 0 N–H and O–H groups in total. The summed E-state index contributed by atoms with van der Waals surface area (Å²) in [7, 11) is 0. The van der Waals surface area contributed by atoms with Gasteiger partial charge < -0.3 is 0 Å². The van der Waals surface area contributed by atoms with Crippen molar-refractivity contribution in [2.24, 2.45) is 0 Å². The van der Waals surface area contributed by atoms with Gasteiger partial charge in [-0.25, -0.2) is 0 Å². The molecule has 2 rings (SSSR count). The van der Waals surface area contributed by atoms with Gasteiger partial charge in [0.2, 0.25) is 0 Å². The molecule has 3 nitrogen and oxygen atoms in total. The van der Waals surface area contributed by atoms with Gasteiger partial charge in [-0.3, -0.25) is 10.1 Å². The minimum Gasteiger partial charge on any atom is -0.258 e. The lowest BCUT2D eigenvalue weighted by Crippen LogP contribution is -1.90. The van der Waals surface area contributed by atoms with E-state index in [0.29, 0.717) is 5.56 Å². The predicted octanol–water partition coefficient (Wildman–Crippen LogP) is 4.38. The summed E-state index contributed by atoms with van der Waals surface area (Å²) in [6.07, 6.45) is 3.71. The third-order valence-electron chi connectivity index (χ3n) is 3.01. The molecule has 0 amide bonds. The first-order valence-corrected chi connectivity index (χ1v) is 6.06. The summed E-state index contributed by atoms with van der Waals surface area (Å²) in [4.78, 5) is 10.6. The molecule has 0 radical (unpaired) electrons. The maximum absolute atomic E-state index is 10.9. The molecule has 0 aliphatic heterocycles. The Morgan fingerprint density at radius 3 is 2.42 bits per heavy atom. The van der Waals surface area contributed by atoms with Crippen molar-refractivity contribution < 1.29 is 4.92 Å². The highest BCUT2D eigenvalue weighted by Gasteiger charge is 2.09. The van der Waals surface area contributed by atoms with E-state index >= 15 is 0 Å². The van der Waals surface area contributed by atoms with Crippen LogP contribution in [0.15, 0.2) is 42.5 Å². The van der Waals surface area contributed by atoms with Crippen molar-refractivity contribution in [3.8, 4) is 0 Å². The minimum absolute atomic E-state index is 0.129. The Balaban J connectivity index is 2.38. The third kappa shape index (κ3) is 3.07. The maximum atomic E-state index is 10.9. The van der Waals surface area contributed by atoms with Crippen molar-refractivity contribution in [1.29, 1.82) is 0 Å². The summed E-state index contributed by atoms with van der Waals surface area (Å²) in [6.45, 7) is 4.06. The predicted molar refractivity (Wildman–Crippen MR) is 77.9 cm³/mol. The van der Waals surface area contributed by atoms with Crippen LogP contribution in [0.25, 0.3) is 12.2 Å². The molecule has 0 fully saturated rings. The average molecular weight is 253 g/mol. The summed E-state index contributed by atoms with van der Waals surface area (Å²) < 4.78 is 0. The van der Waals surface area contributed by atoms with Crippen LogP contribution in [0.2, 0.25) is 0 Å². The van der Waals surface area contributed by atoms with Gasteiger partial charge in [0.15, 0.2) is 0 Å². The summed E-state index contributed by atoms with van der Waals surface area (Å²) in [6, 6.07) is 12.9. The molecule has 0 aromatic heterocycles. The Morgan fingerprint density at radius 2 is 1.68 bits per heavy atom. The second-order valence-electron chi connectivity index (χ2n) is 4.51. The lowest BCUT2D eigenvalue weighted by atomic mass is 10.0. The SMILES string of the molecule is Cc1ccc(C)c(/C=C/c2ccccc2[N+](=O)[O-])c1. The van der Waals surface area contributed by atoms with Crippen LogP contribution in [-0.2, 0) is 0 Å². The number of hydrogen-bond donors (Lipinski definition) is 0. The van der Waals surface area contributed by atoms with Gasteiger partial charge in [-0.05, 0) is 37.1 Å². The zero-order valence-corrected chi connectivity index (χ0v) is 11.0. The molecule has 2 aromatic rings. The van der Waals surface area contributed by atoms with Crippen LogP contribution < -0.4 is 0 Å². The smallest absolute Gasteiger partial charge is 0.258 e. The standard InChI is InChI=1S/C16H15NO2/c1-12-7-8-13(2)15(11-12)10-9-14-5-3-4-6-16(14)17(18)19/h3-11H,1-2H3/b10-9+. The van der Waals surface area contributed by atoms with Gasteiger partial charge in [-0.2, -0.15) is 0 Å². The number of benzene rings is 2. The van der Waals surface area contributed by atoms with E-state index in [2.05, 4.69) is 18.2 Å². The fraction of sp³-hybridized carbons (Fsp3) is 0.125. The van der Waals surface area contributed by atoms with Crippen LogP contribution in [0.3, 0.4) is 0 Å². The molecule has 0 aliphatic rings. The largest absolute Gasteiger partial charge is 0.276 e. The van der Waals surface area contributed by atoms with Crippen molar-refractivity contribution in [3.05, 3.63) is 74.8 Å². The third-order valence-corrected chi connectivity index (χ3v) is 3.01. The number of aryl methyl sites for hydroxylation is 2. The Bertz CT molecular complexity index is 645. The number of nitro benzene ring substituents is 1. The average Bonchev–Trinajstić information content (AvgIpc) is 2.40. The van der Waals surface area contributed by atoms with Crippen LogP contribution in [0.4, 0.5) is 5.69 Å². The van der Waals surface area contributed by atoms with Gasteiger partial charge >= 0.3 is 0 Å². The second kappa shape index (κ2) is 5.48. The Labute approximate surface area is 112 Å². The highest BCUT2D eigenvalue weighted by atomic mass is 16.6. The minimum atomic E-state index is -0.358. The van der Waals surface area contributed by atoms with E-state index in [4.69, 9.17) is 0 Å². The lowest BCUT2D eigenvalue weighted by molar-refractivity contribution is -0.385. The van der Waals surface area contributed by atoms with Gasteiger partial charge in [0.1, 0.15) is 0 Å². The second-order valence-corrected chi connectivity index (χ2v) is 4.51. The van der Waals surface area contributed by atoms with E-state index in [-0.39, 0.29) is 10.6 Å². The summed E-state index contributed by atoms with van der Waals surface area (Å²) in [5, 5.41) is 10.9. The monoisotopic (exact) mass is 253 g/mol. The van der Waals surface area contributed by atoms with E-state index in [1.807, 2.05) is 19.9 Å². The van der Waals surface area contributed by atoms with Gasteiger partial charge in [-0.15, -0.1) is 0 Å². The van der Waals surface area contributed by atoms with Gasteiger partial charge in [-0.1, -0.05) is 42.0 Å². The van der Waals surface area contributed by atoms with Gasteiger partial charge in [0.05, 0.1) is 10.5 Å². The maximum Gasteiger partial charge on any atom is 0.276 e. The molecule has 19 heavy (non-hydrogen) atoms. The van der Waals surface area contributed by atoms with Crippen molar-refractivity contribution in [3.63, 3.8) is 0 Å². The van der Waals surface area contributed by atoms with Crippen molar-refractivity contribution in [2.45, 2.75) is 13.8 Å². The molecule has 2 aromatic carbocycles. The van der Waals surface area contributed by atoms with E-state index in [9.17, 15) is 10.1 Å². The number of hydrogen-bond acceptors (Lipinski definition) is 2. The van der Waals surface area contributed by atoms with Crippen molar-refractivity contribution >= 4 is 17.8 Å². The molecule has 3 heteroatoms. The zero-order valence-electron chi connectivity index (χ0n) is 11.0. The zero-order chi connectivity index (χ0) is 13.8. The normalized spacial score (nSPS) is 10.8. The molecule has 0 atom stereocenters. The molecular weight excluding hydrogens is 238 g/mol. The molecule has 0 aliphatic carbocycles. The topological polar surface area (TPSA) is 43.1 Å². The Hall–Kier alpha value is -2.42. The summed E-state index contributed by atoms with van der Waals surface area (Å²) in [5.41, 5.74) is 4.16. The fourth-order valence-electron chi connectivity index (χ4n) is 1.91. The Morgan fingerprint density at radius 1 is 1.00 bits per heavy atom. The van der Waals surface area contributed by atoms with Crippen LogP contribution in [0.1, 0.15) is 22.3 Å². The van der Waals surface area contributed by atoms with Crippen molar-refractivity contribution in [2.75, 3.05) is 0 Å². The van der Waals surface area contributed by atoms with Crippen LogP contribution in [-0.4, -0.2) is 4.92 Å². The van der Waals surface area contributed by atoms with E-state index < -0.39 is 0 Å². The van der Waals surface area contributed by atoms with E-state index in [0.717, 1.165) is 11.1 Å². The number of rotatable bonds is 3. The first-order chi connectivity index (χ1) is 9.08. The van der Waals surface area contributed by atoms with E-state index in [1.165, 1.54) is 11.6 Å². The molecule has 0 unspecified atom stereocenters. The Kier molecular flexibility index (Phi) is 3.76. The van der Waals surface area contributed by atoms with Crippen LogP contribution >= 0.6 is 0 Å². The van der Waals surface area contributed by atoms with Gasteiger partial charge in [0.25, 0.3) is 5.69 Å². The first-order valence-electron chi connectivity index (χ1n) is 6.06. The fourth-order valence-corrected chi connectivity index (χ4v) is 1.91. The molecule has 0 spiro atoms. The molecule has 0 bridgehead atoms. The number of para-hydroxylation sites is 1. The highest BCUT2D eigenvalue weighted by Crippen LogP contribution is 2.21. The number of nitrogens with zero attached hydrogens (tertiary/aromatic N) is 1. The van der Waals surface area contributed by atoms with Crippen LogP contribution in [0, 0.1) is 24.0 Å². The van der Waals surface area contributed by atoms with Gasteiger partial charge in [0, 0.05) is 6.07 Å². The quantitative estimate of drug-likeness (QED) is 0.462. The highest BCUT2D eigenvalue weighted by molar-refractivity contribution is 5.75. The molecular formula is C16H15NO2. The van der Waals surface area contributed by atoms with E-state index in [1.54, 1.807) is 24.3 Å². The molecule has 0 heterocycles. The summed E-state index contributed by atoms with van der Waals surface area (Å²) in [5.74, 6) is 0.